The number of ether oxygens (including phenoxy) is 3. The van der Waals surface area contributed by atoms with Gasteiger partial charge in [-0.3, -0.25) is 0 Å². The zero-order valence-electron chi connectivity index (χ0n) is 18.7. The van der Waals surface area contributed by atoms with Crippen LogP contribution in [-0.4, -0.2) is 79.1 Å². The molecule has 0 amide bonds. The average Bonchev–Trinajstić information content (AvgIpc) is 2.80. The van der Waals surface area contributed by atoms with E-state index in [1.54, 1.807) is 0 Å². The Morgan fingerprint density at radius 2 is 0.975 bits per heavy atom. The lowest BCUT2D eigenvalue weighted by atomic mass is 9.88. The van der Waals surface area contributed by atoms with Crippen LogP contribution in [0.25, 0.3) is 0 Å². The first-order valence-corrected chi connectivity index (χ1v) is 9.48. The summed E-state index contributed by atoms with van der Waals surface area (Å²) in [5.74, 6) is -60.1. The van der Waals surface area contributed by atoms with Gasteiger partial charge in [0.25, 0.3) is 0 Å². The second-order valence-electron chi connectivity index (χ2n) is 7.17. The van der Waals surface area contributed by atoms with Gasteiger partial charge in [-0.1, -0.05) is 13.2 Å². The van der Waals surface area contributed by atoms with E-state index in [-0.39, 0.29) is 0 Å². The summed E-state index contributed by atoms with van der Waals surface area (Å²) in [5.41, 5.74) is 0. The van der Waals surface area contributed by atoms with Crippen LogP contribution in [0, 0.1) is 0 Å². The molecule has 0 rings (SSSR count). The van der Waals surface area contributed by atoms with Gasteiger partial charge in [0.05, 0.1) is 6.61 Å². The monoisotopic (exact) mass is 632 g/mol. The molecule has 0 aromatic rings. The Kier molecular flexibility index (Phi) is 10.8. The number of carbonyl (C=O) groups is 2. The van der Waals surface area contributed by atoms with Crippen LogP contribution in [0.2, 0.25) is 0 Å². The lowest BCUT2D eigenvalue weighted by Gasteiger charge is -2.42. The smallest absolute Gasteiger partial charge is 0.456 e. The molecule has 0 aromatic heterocycles. The van der Waals surface area contributed by atoms with Crippen molar-refractivity contribution in [3.8, 4) is 0 Å². The van der Waals surface area contributed by atoms with Crippen molar-refractivity contribution in [2.45, 2.75) is 60.3 Å². The SMILES string of the molecule is C=CC(=O)OCC(OCCC(F)(F)C(F)(F)C(F)(F)C(F)(F)C(F)(F)C(F)(F)C(F)(F)C(F)(F)F)OC(=O)C=C. The highest BCUT2D eigenvalue weighted by Gasteiger charge is 2.95. The average molecular weight is 632 g/mol. The highest BCUT2D eigenvalue weighted by molar-refractivity contribution is 5.82. The minimum absolute atomic E-state index is 0.356. The molecule has 1 unspecified atom stereocenters. The van der Waals surface area contributed by atoms with Gasteiger partial charge in [0.1, 0.15) is 0 Å². The van der Waals surface area contributed by atoms with Crippen LogP contribution in [0.1, 0.15) is 6.42 Å². The fraction of sp³-hybridized carbons (Fsp3) is 0.667. The van der Waals surface area contributed by atoms with Gasteiger partial charge in [0.2, 0.25) is 6.29 Å². The summed E-state index contributed by atoms with van der Waals surface area (Å²) in [4.78, 5) is 22.1. The first-order chi connectivity index (χ1) is 17.5. The number of alkyl halides is 17. The molecule has 0 radical (unpaired) electrons. The molecule has 5 nitrogen and oxygen atoms in total. The summed E-state index contributed by atoms with van der Waals surface area (Å²) in [6.45, 7) is 2.39. The van der Waals surface area contributed by atoms with Crippen LogP contribution in [0.4, 0.5) is 74.6 Å². The summed E-state index contributed by atoms with van der Waals surface area (Å²) in [7, 11) is 0. The Morgan fingerprint density at radius 1 is 0.600 bits per heavy atom. The molecule has 0 aliphatic rings. The first-order valence-electron chi connectivity index (χ1n) is 9.48. The van der Waals surface area contributed by atoms with Gasteiger partial charge in [0, 0.05) is 18.6 Å². The molecule has 0 saturated carbocycles. The van der Waals surface area contributed by atoms with Crippen LogP contribution in [0.5, 0.6) is 0 Å². The van der Waals surface area contributed by atoms with E-state index in [2.05, 4.69) is 27.4 Å². The van der Waals surface area contributed by atoms with Crippen LogP contribution >= 0.6 is 0 Å². The fourth-order valence-electron chi connectivity index (χ4n) is 2.17. The summed E-state index contributed by atoms with van der Waals surface area (Å²) in [6, 6.07) is 0. The number of halogens is 17. The molecule has 0 aliphatic heterocycles. The number of rotatable bonds is 15. The maximum absolute atomic E-state index is 13.9. The molecule has 0 aliphatic carbocycles. The van der Waals surface area contributed by atoms with Crippen LogP contribution in [0.15, 0.2) is 25.3 Å². The Hall–Kier alpha value is -2.81. The second-order valence-corrected chi connectivity index (χ2v) is 7.17. The van der Waals surface area contributed by atoms with Gasteiger partial charge in [-0.2, -0.15) is 74.6 Å². The maximum Gasteiger partial charge on any atom is 0.460 e. The predicted molar refractivity (Wildman–Crippen MR) is 92.5 cm³/mol. The molecule has 0 aromatic carbocycles. The van der Waals surface area contributed by atoms with Crippen LogP contribution < -0.4 is 0 Å². The lowest BCUT2D eigenvalue weighted by Crippen LogP contribution is -2.74. The quantitative estimate of drug-likeness (QED) is 0.0934. The Balaban J connectivity index is 6.18. The Labute approximate surface area is 210 Å². The molecule has 0 bridgehead atoms. The minimum atomic E-state index is -8.74. The zero-order valence-corrected chi connectivity index (χ0v) is 18.7. The van der Waals surface area contributed by atoms with E-state index < -0.39 is 85.5 Å². The van der Waals surface area contributed by atoms with Crippen LogP contribution in [-0.2, 0) is 23.8 Å². The van der Waals surface area contributed by atoms with E-state index in [0.29, 0.717) is 12.2 Å². The maximum atomic E-state index is 13.9. The summed E-state index contributed by atoms with van der Waals surface area (Å²) in [5, 5.41) is 0. The molecule has 0 spiro atoms. The molecule has 0 N–H and O–H groups in total. The van der Waals surface area contributed by atoms with Crippen molar-refractivity contribution in [1.29, 1.82) is 0 Å². The standard InChI is InChI=1S/C18H13F17O5/c1-3-8(36)39-7-10(40-9(37)4-2)38-6-5-11(19,20)12(21,22)13(23,24)14(25,26)15(27,28)16(29,30)17(31,32)18(33,34)35/h3-4,10H,1-2,5-7H2. The molecule has 0 heterocycles. The van der Waals surface area contributed by atoms with Crippen molar-refractivity contribution in [1.82, 2.24) is 0 Å². The van der Waals surface area contributed by atoms with Gasteiger partial charge >= 0.3 is 59.6 Å². The summed E-state index contributed by atoms with van der Waals surface area (Å²) < 4.78 is 238. The number of hydrogen-bond donors (Lipinski definition) is 0. The fourth-order valence-corrected chi connectivity index (χ4v) is 2.17. The van der Waals surface area contributed by atoms with Crippen molar-refractivity contribution >= 4 is 11.9 Å². The third-order valence-electron chi connectivity index (χ3n) is 4.45. The lowest BCUT2D eigenvalue weighted by molar-refractivity contribution is -0.462. The van der Waals surface area contributed by atoms with Crippen molar-refractivity contribution < 1.29 is 98.4 Å². The molecule has 40 heavy (non-hydrogen) atoms. The van der Waals surface area contributed by atoms with Gasteiger partial charge < -0.3 is 14.2 Å². The highest BCUT2D eigenvalue weighted by atomic mass is 19.4. The van der Waals surface area contributed by atoms with Gasteiger partial charge in [-0.05, 0) is 0 Å². The Bertz CT molecular complexity index is 942. The first kappa shape index (κ1) is 37.2. The van der Waals surface area contributed by atoms with Gasteiger partial charge in [-0.25, -0.2) is 9.59 Å². The molecule has 234 valence electrons. The van der Waals surface area contributed by atoms with E-state index in [0.717, 1.165) is 0 Å². The topological polar surface area (TPSA) is 61.8 Å². The number of esters is 2. The van der Waals surface area contributed by atoms with Gasteiger partial charge in [0.15, 0.2) is 6.61 Å². The molecular weight excluding hydrogens is 619 g/mol. The number of carbonyl (C=O) groups excluding carboxylic acids is 2. The van der Waals surface area contributed by atoms with E-state index in [1.165, 1.54) is 0 Å². The van der Waals surface area contributed by atoms with Crippen molar-refractivity contribution in [2.75, 3.05) is 13.2 Å². The molecule has 0 fully saturated rings. The van der Waals surface area contributed by atoms with Crippen molar-refractivity contribution in [3.05, 3.63) is 25.3 Å². The van der Waals surface area contributed by atoms with Crippen molar-refractivity contribution in [3.63, 3.8) is 0 Å². The molecule has 0 saturated heterocycles. The molecule has 1 atom stereocenters. The van der Waals surface area contributed by atoms with Crippen molar-refractivity contribution in [2.24, 2.45) is 0 Å². The van der Waals surface area contributed by atoms with E-state index in [1.807, 2.05) is 0 Å². The molecule has 22 heteroatoms. The highest BCUT2D eigenvalue weighted by Crippen LogP contribution is 2.64. The third-order valence-corrected chi connectivity index (χ3v) is 4.45. The van der Waals surface area contributed by atoms with E-state index in [9.17, 15) is 84.2 Å². The van der Waals surface area contributed by atoms with Gasteiger partial charge in [-0.15, -0.1) is 0 Å². The Morgan fingerprint density at radius 3 is 1.35 bits per heavy atom. The minimum Gasteiger partial charge on any atom is -0.456 e. The van der Waals surface area contributed by atoms with E-state index in [4.69, 9.17) is 0 Å². The summed E-state index contributed by atoms with van der Waals surface area (Å²) >= 11 is 0. The largest absolute Gasteiger partial charge is 0.460 e. The van der Waals surface area contributed by atoms with E-state index >= 15 is 0 Å². The molecular formula is C18H13F17O5. The number of hydrogen-bond acceptors (Lipinski definition) is 5. The zero-order chi connectivity index (χ0) is 32.4. The van der Waals surface area contributed by atoms with Crippen LogP contribution in [0.3, 0.4) is 0 Å². The third kappa shape index (κ3) is 6.40. The predicted octanol–water partition coefficient (Wildman–Crippen LogP) is 6.19. The summed E-state index contributed by atoms with van der Waals surface area (Å²) in [6.07, 6.45) is -12.3. The normalized spacial score (nSPS) is 15.3. The second kappa shape index (κ2) is 11.6.